The number of carbonyl (C=O) groups excluding carboxylic acids is 2. The van der Waals surface area contributed by atoms with Gasteiger partial charge in [0.1, 0.15) is 4.32 Å². The summed E-state index contributed by atoms with van der Waals surface area (Å²) in [7, 11) is 0. The van der Waals surface area contributed by atoms with Gasteiger partial charge in [0.2, 0.25) is 0 Å². The molecule has 2 heterocycles. The maximum Gasteiger partial charge on any atom is 0.267 e. The van der Waals surface area contributed by atoms with Crippen molar-refractivity contribution in [2.75, 3.05) is 4.90 Å². The number of nitrogens with zero attached hydrogens (tertiary/aromatic N) is 2. The maximum atomic E-state index is 13.7. The molecule has 0 radical (unpaired) electrons. The van der Waals surface area contributed by atoms with Crippen molar-refractivity contribution in [3.05, 3.63) is 105 Å². The Kier molecular flexibility index (Phi) is 5.95. The van der Waals surface area contributed by atoms with E-state index < -0.39 is 0 Å². The van der Waals surface area contributed by atoms with E-state index in [1.54, 1.807) is 9.80 Å². The second-order valence-corrected chi connectivity index (χ2v) is 10.4. The summed E-state index contributed by atoms with van der Waals surface area (Å²) in [6.45, 7) is 2.38. The van der Waals surface area contributed by atoms with Gasteiger partial charge in [0.05, 0.1) is 28.8 Å². The van der Waals surface area contributed by atoms with Crippen LogP contribution in [0, 0.1) is 0 Å². The fourth-order valence-corrected chi connectivity index (χ4v) is 6.04. The third-order valence-corrected chi connectivity index (χ3v) is 7.75. The van der Waals surface area contributed by atoms with Crippen LogP contribution in [-0.4, -0.2) is 21.0 Å². The van der Waals surface area contributed by atoms with Crippen LogP contribution in [0.4, 0.5) is 5.69 Å². The van der Waals surface area contributed by atoms with E-state index in [0.29, 0.717) is 21.3 Å². The molecule has 0 unspecified atom stereocenters. The molecule has 0 N–H and O–H groups in total. The molecule has 0 bridgehead atoms. The number of fused-ring (bicyclic) bond motifs is 1. The van der Waals surface area contributed by atoms with Crippen molar-refractivity contribution in [2.45, 2.75) is 19.5 Å². The average molecular weight is 535 g/mol. The number of carbonyl (C=O) groups is 2. The molecule has 164 valence electrons. The summed E-state index contributed by atoms with van der Waals surface area (Å²) >= 11 is 10.3. The van der Waals surface area contributed by atoms with Gasteiger partial charge < -0.3 is 4.90 Å². The van der Waals surface area contributed by atoms with Gasteiger partial charge in [0.25, 0.3) is 11.8 Å². The summed E-state index contributed by atoms with van der Waals surface area (Å²) in [5.74, 6) is -0.406. The predicted octanol–water partition coefficient (Wildman–Crippen LogP) is 6.33. The highest BCUT2D eigenvalue weighted by Gasteiger charge is 2.43. The van der Waals surface area contributed by atoms with E-state index in [4.69, 9.17) is 12.2 Å². The molecule has 1 fully saturated rings. The molecule has 3 aromatic rings. The number of rotatable bonds is 4. The van der Waals surface area contributed by atoms with Crippen molar-refractivity contribution in [3.63, 3.8) is 0 Å². The minimum Gasteiger partial charge on any atom is -0.303 e. The standard InChI is InChI=1S/C26H19BrN2O2S2/c1-16(18-10-6-3-7-11-18)29-25(31)23(33-26(29)32)22-20-14-19(27)12-13-21(20)28(24(22)30)15-17-8-4-2-5-9-17/h2-14,16H,15H2,1H3/b23-22-/t16-/m0/s1. The lowest BCUT2D eigenvalue weighted by atomic mass is 10.1. The summed E-state index contributed by atoms with van der Waals surface area (Å²) in [5.41, 5.74) is 3.97. The van der Waals surface area contributed by atoms with Gasteiger partial charge in [-0.05, 0) is 36.2 Å². The lowest BCUT2D eigenvalue weighted by Gasteiger charge is -2.23. The number of anilines is 1. The van der Waals surface area contributed by atoms with Crippen LogP contribution in [-0.2, 0) is 16.1 Å². The highest BCUT2D eigenvalue weighted by Crippen LogP contribution is 2.47. The normalized spacial score (nSPS) is 18.8. The van der Waals surface area contributed by atoms with Crippen LogP contribution in [0.2, 0.25) is 0 Å². The van der Waals surface area contributed by atoms with Crippen molar-refractivity contribution in [1.82, 2.24) is 4.90 Å². The van der Waals surface area contributed by atoms with Gasteiger partial charge >= 0.3 is 0 Å². The van der Waals surface area contributed by atoms with E-state index in [2.05, 4.69) is 15.9 Å². The number of benzene rings is 3. The Morgan fingerprint density at radius 2 is 1.61 bits per heavy atom. The summed E-state index contributed by atoms with van der Waals surface area (Å²) < 4.78 is 1.31. The molecule has 1 saturated heterocycles. The van der Waals surface area contributed by atoms with Crippen molar-refractivity contribution in [1.29, 1.82) is 0 Å². The fraction of sp³-hybridized carbons (Fsp3) is 0.115. The minimum absolute atomic E-state index is 0.181. The Balaban J connectivity index is 1.57. The second-order valence-electron chi connectivity index (χ2n) is 7.87. The first-order valence-electron chi connectivity index (χ1n) is 10.5. The summed E-state index contributed by atoms with van der Waals surface area (Å²) in [6, 6.07) is 25.1. The van der Waals surface area contributed by atoms with E-state index >= 15 is 0 Å². The zero-order valence-electron chi connectivity index (χ0n) is 17.7. The molecule has 2 aliphatic heterocycles. The zero-order chi connectivity index (χ0) is 23.1. The van der Waals surface area contributed by atoms with E-state index in [1.807, 2.05) is 85.8 Å². The first-order chi connectivity index (χ1) is 16.0. The van der Waals surface area contributed by atoms with Crippen LogP contribution in [0.15, 0.2) is 88.2 Å². The van der Waals surface area contributed by atoms with Gasteiger partial charge in [-0.3, -0.25) is 14.5 Å². The number of hydrogen-bond acceptors (Lipinski definition) is 4. The van der Waals surface area contributed by atoms with Crippen LogP contribution in [0.1, 0.15) is 29.7 Å². The maximum absolute atomic E-state index is 13.7. The second kappa shape index (κ2) is 8.89. The first-order valence-corrected chi connectivity index (χ1v) is 12.5. The summed E-state index contributed by atoms with van der Waals surface area (Å²) in [6.07, 6.45) is 0. The van der Waals surface area contributed by atoms with Crippen LogP contribution in [0.3, 0.4) is 0 Å². The molecule has 0 spiro atoms. The Labute approximate surface area is 210 Å². The third kappa shape index (κ3) is 3.94. The van der Waals surface area contributed by atoms with Gasteiger partial charge in [0.15, 0.2) is 0 Å². The number of halogens is 1. The Bertz CT molecular complexity index is 1310. The molecule has 3 aromatic carbocycles. The van der Waals surface area contributed by atoms with Crippen LogP contribution in [0.25, 0.3) is 5.57 Å². The molecule has 2 amide bonds. The molecule has 0 aliphatic carbocycles. The number of amides is 2. The molecule has 7 heteroatoms. The van der Waals surface area contributed by atoms with E-state index in [1.165, 1.54) is 11.8 Å². The highest BCUT2D eigenvalue weighted by molar-refractivity contribution is 9.10. The minimum atomic E-state index is -0.226. The Morgan fingerprint density at radius 1 is 0.939 bits per heavy atom. The van der Waals surface area contributed by atoms with Crippen LogP contribution < -0.4 is 4.90 Å². The average Bonchev–Trinajstić information content (AvgIpc) is 3.26. The van der Waals surface area contributed by atoms with Gasteiger partial charge in [-0.1, -0.05) is 101 Å². The van der Waals surface area contributed by atoms with E-state index in [-0.39, 0.29) is 17.9 Å². The third-order valence-electron chi connectivity index (χ3n) is 5.86. The molecular formula is C26H19BrN2O2S2. The number of thiocarbonyl (C=S) groups is 1. The number of thioether (sulfide) groups is 1. The van der Waals surface area contributed by atoms with Gasteiger partial charge in [0, 0.05) is 10.0 Å². The highest BCUT2D eigenvalue weighted by atomic mass is 79.9. The first kappa shape index (κ1) is 22.1. The van der Waals surface area contributed by atoms with Crippen LogP contribution in [0.5, 0.6) is 0 Å². The molecule has 0 saturated carbocycles. The van der Waals surface area contributed by atoms with Gasteiger partial charge in [-0.15, -0.1) is 0 Å². The largest absolute Gasteiger partial charge is 0.303 e. The zero-order valence-corrected chi connectivity index (χ0v) is 20.9. The lowest BCUT2D eigenvalue weighted by Crippen LogP contribution is -2.31. The molecule has 5 rings (SSSR count). The molecule has 4 nitrogen and oxygen atoms in total. The van der Waals surface area contributed by atoms with Gasteiger partial charge in [-0.2, -0.15) is 0 Å². The van der Waals surface area contributed by atoms with Crippen molar-refractivity contribution < 1.29 is 9.59 Å². The summed E-state index contributed by atoms with van der Waals surface area (Å²) in [4.78, 5) is 31.0. The lowest BCUT2D eigenvalue weighted by molar-refractivity contribution is -0.123. The molecule has 1 atom stereocenters. The molecular weight excluding hydrogens is 516 g/mol. The predicted molar refractivity (Wildman–Crippen MR) is 141 cm³/mol. The quantitative estimate of drug-likeness (QED) is 0.289. The smallest absolute Gasteiger partial charge is 0.267 e. The van der Waals surface area contributed by atoms with Crippen molar-refractivity contribution in [3.8, 4) is 0 Å². The molecule has 0 aromatic heterocycles. The number of hydrogen-bond donors (Lipinski definition) is 0. The topological polar surface area (TPSA) is 40.6 Å². The summed E-state index contributed by atoms with van der Waals surface area (Å²) in [5, 5.41) is 0. The Hall–Kier alpha value is -2.74. The SMILES string of the molecule is C[C@@H](c1ccccc1)N1C(=O)/C(=C2/C(=O)N(Cc3ccccc3)c3ccc(Br)cc32)SC1=S. The Morgan fingerprint density at radius 3 is 2.30 bits per heavy atom. The fourth-order valence-electron chi connectivity index (χ4n) is 4.19. The van der Waals surface area contributed by atoms with Crippen molar-refractivity contribution >= 4 is 67.3 Å². The van der Waals surface area contributed by atoms with Crippen molar-refractivity contribution in [2.24, 2.45) is 0 Å². The molecule has 2 aliphatic rings. The van der Waals surface area contributed by atoms with Gasteiger partial charge in [-0.25, -0.2) is 0 Å². The van der Waals surface area contributed by atoms with Crippen LogP contribution >= 0.6 is 39.9 Å². The van der Waals surface area contributed by atoms with E-state index in [9.17, 15) is 9.59 Å². The van der Waals surface area contributed by atoms with E-state index in [0.717, 1.165) is 26.9 Å². The monoisotopic (exact) mass is 534 g/mol. The molecule has 33 heavy (non-hydrogen) atoms.